The molecule has 156 valence electrons. The van der Waals surface area contributed by atoms with Gasteiger partial charge >= 0.3 is 0 Å². The lowest BCUT2D eigenvalue weighted by Gasteiger charge is -2.28. The van der Waals surface area contributed by atoms with Crippen LogP contribution in [-0.4, -0.2) is 93.5 Å². The lowest BCUT2D eigenvalue weighted by Crippen LogP contribution is -2.40. The van der Waals surface area contributed by atoms with Crippen LogP contribution in [0.4, 0.5) is 17.8 Å². The first kappa shape index (κ1) is 23.2. The zero-order valence-corrected chi connectivity index (χ0v) is 16.1. The van der Waals surface area contributed by atoms with Gasteiger partial charge in [-0.1, -0.05) is 0 Å². The fraction of sp³-hybridized carbons (Fsp3) is 0.800. The zero-order valence-electron chi connectivity index (χ0n) is 16.1. The third kappa shape index (κ3) is 7.36. The minimum Gasteiger partial charge on any atom is -0.338 e. The molecule has 12 N–H and O–H groups in total. The maximum Gasteiger partial charge on any atom is 0.232 e. The van der Waals surface area contributed by atoms with E-state index in [1.54, 1.807) is 0 Å². The molecule has 1 heterocycles. The smallest absolute Gasteiger partial charge is 0.232 e. The van der Waals surface area contributed by atoms with Crippen LogP contribution in [0.5, 0.6) is 0 Å². The van der Waals surface area contributed by atoms with Crippen LogP contribution in [0.2, 0.25) is 0 Å². The van der Waals surface area contributed by atoms with Crippen LogP contribution in [0.1, 0.15) is 0 Å². The molecule has 0 bridgehead atoms. The van der Waals surface area contributed by atoms with Crippen molar-refractivity contribution in [2.75, 3.05) is 93.2 Å². The predicted octanol–water partition coefficient (Wildman–Crippen LogP) is -3.96. The monoisotopic (exact) mass is 384 g/mol. The quantitative estimate of drug-likeness (QED) is 0.171. The van der Waals surface area contributed by atoms with Crippen LogP contribution in [0, 0.1) is 0 Å². The minimum absolute atomic E-state index is 0.459. The second-order valence-electron chi connectivity index (χ2n) is 5.93. The van der Waals surface area contributed by atoms with E-state index in [2.05, 4.69) is 15.0 Å². The van der Waals surface area contributed by atoms with E-state index in [0.717, 1.165) is 0 Å². The topological polar surface area (TPSA) is 205 Å². The summed E-state index contributed by atoms with van der Waals surface area (Å²) in [5, 5.41) is 0. The highest BCUT2D eigenvalue weighted by Gasteiger charge is 2.19. The average molecular weight is 385 g/mol. The summed E-state index contributed by atoms with van der Waals surface area (Å²) < 4.78 is 0. The number of nitrogens with two attached hydrogens (primary N) is 6. The normalized spacial score (nSPS) is 10.9. The molecule has 0 atom stereocenters. The van der Waals surface area contributed by atoms with Crippen molar-refractivity contribution in [3.05, 3.63) is 0 Å². The van der Waals surface area contributed by atoms with Gasteiger partial charge in [-0.05, 0) is 0 Å². The van der Waals surface area contributed by atoms with Crippen molar-refractivity contribution in [3.8, 4) is 0 Å². The van der Waals surface area contributed by atoms with Gasteiger partial charge in [0, 0.05) is 78.5 Å². The molecular formula is C15H36N12. The van der Waals surface area contributed by atoms with Gasteiger partial charge in [0.25, 0.3) is 0 Å². The van der Waals surface area contributed by atoms with E-state index in [1.807, 2.05) is 14.7 Å². The molecule has 1 rings (SSSR count). The van der Waals surface area contributed by atoms with E-state index in [0.29, 0.717) is 96.4 Å². The molecule has 0 aliphatic carbocycles. The van der Waals surface area contributed by atoms with Gasteiger partial charge in [0.15, 0.2) is 0 Å². The first-order chi connectivity index (χ1) is 13.1. The molecule has 0 unspecified atom stereocenters. The number of hydrogen-bond donors (Lipinski definition) is 6. The molecule has 0 fully saturated rings. The van der Waals surface area contributed by atoms with E-state index < -0.39 is 0 Å². The van der Waals surface area contributed by atoms with Gasteiger partial charge in [-0.2, -0.15) is 15.0 Å². The van der Waals surface area contributed by atoms with E-state index in [-0.39, 0.29) is 0 Å². The van der Waals surface area contributed by atoms with Gasteiger partial charge < -0.3 is 49.1 Å². The Morgan fingerprint density at radius 1 is 0.407 bits per heavy atom. The maximum absolute atomic E-state index is 5.74. The van der Waals surface area contributed by atoms with Gasteiger partial charge in [-0.25, -0.2) is 0 Å². The fourth-order valence-electron chi connectivity index (χ4n) is 2.64. The van der Waals surface area contributed by atoms with Gasteiger partial charge in [0.2, 0.25) is 17.8 Å². The number of nitrogens with zero attached hydrogens (tertiary/aromatic N) is 6. The summed E-state index contributed by atoms with van der Waals surface area (Å²) in [5.74, 6) is 1.55. The highest BCUT2D eigenvalue weighted by molar-refractivity contribution is 5.47. The second kappa shape index (κ2) is 13.4. The summed E-state index contributed by atoms with van der Waals surface area (Å²) in [4.78, 5) is 19.7. The van der Waals surface area contributed by atoms with E-state index >= 15 is 0 Å². The van der Waals surface area contributed by atoms with Crippen LogP contribution < -0.4 is 49.1 Å². The Kier molecular flexibility index (Phi) is 11.5. The van der Waals surface area contributed by atoms with Gasteiger partial charge in [-0.3, -0.25) is 0 Å². The molecule has 0 aliphatic rings. The number of rotatable bonds is 15. The Balaban J connectivity index is 3.38. The largest absolute Gasteiger partial charge is 0.338 e. The van der Waals surface area contributed by atoms with Gasteiger partial charge in [0.1, 0.15) is 0 Å². The average Bonchev–Trinajstić information content (AvgIpc) is 2.67. The van der Waals surface area contributed by atoms with E-state index in [9.17, 15) is 0 Å². The third-order valence-electron chi connectivity index (χ3n) is 3.84. The molecule has 0 saturated heterocycles. The summed E-state index contributed by atoms with van der Waals surface area (Å²) >= 11 is 0. The molecule has 0 spiro atoms. The van der Waals surface area contributed by atoms with E-state index in [1.165, 1.54) is 0 Å². The maximum atomic E-state index is 5.74. The predicted molar refractivity (Wildman–Crippen MR) is 111 cm³/mol. The standard InChI is InChI=1S/C15H36N12/c16-1-7-25(8-2-17)13-22-14(26(9-3-18)10-4-19)24-15(23-13)27(11-5-20)12-6-21/h1-12,16-21H2. The highest BCUT2D eigenvalue weighted by Crippen LogP contribution is 2.18. The lowest BCUT2D eigenvalue weighted by atomic mass is 10.4. The summed E-state index contributed by atoms with van der Waals surface area (Å²) in [7, 11) is 0. The molecule has 12 nitrogen and oxygen atoms in total. The molecule has 1 aromatic heterocycles. The Morgan fingerprint density at radius 2 is 0.593 bits per heavy atom. The zero-order chi connectivity index (χ0) is 20.1. The fourth-order valence-corrected chi connectivity index (χ4v) is 2.64. The Labute approximate surface area is 161 Å². The van der Waals surface area contributed by atoms with Crippen LogP contribution in [-0.2, 0) is 0 Å². The van der Waals surface area contributed by atoms with Crippen molar-refractivity contribution in [2.24, 2.45) is 34.4 Å². The molecule has 27 heavy (non-hydrogen) atoms. The molecule has 12 heteroatoms. The molecule has 0 aliphatic heterocycles. The van der Waals surface area contributed by atoms with Crippen molar-refractivity contribution in [1.82, 2.24) is 15.0 Å². The van der Waals surface area contributed by atoms with Crippen molar-refractivity contribution < 1.29 is 0 Å². The van der Waals surface area contributed by atoms with Crippen LogP contribution >= 0.6 is 0 Å². The summed E-state index contributed by atoms with van der Waals surface area (Å²) in [5.41, 5.74) is 34.5. The number of anilines is 3. The molecule has 1 aromatic rings. The highest BCUT2D eigenvalue weighted by atomic mass is 15.4. The Morgan fingerprint density at radius 3 is 0.741 bits per heavy atom. The first-order valence-corrected chi connectivity index (χ1v) is 9.36. The SMILES string of the molecule is NCCN(CCN)c1nc(N(CCN)CCN)nc(N(CCN)CCN)n1. The molecule has 0 radical (unpaired) electrons. The molecular weight excluding hydrogens is 348 g/mol. The van der Waals surface area contributed by atoms with Gasteiger partial charge in [-0.15, -0.1) is 0 Å². The minimum atomic E-state index is 0.459. The van der Waals surface area contributed by atoms with Crippen LogP contribution in [0.15, 0.2) is 0 Å². The first-order valence-electron chi connectivity index (χ1n) is 9.36. The molecule has 0 aromatic carbocycles. The lowest BCUT2D eigenvalue weighted by molar-refractivity contribution is 0.702. The molecule has 0 amide bonds. The molecule has 0 saturated carbocycles. The van der Waals surface area contributed by atoms with Crippen molar-refractivity contribution >= 4 is 17.8 Å². The van der Waals surface area contributed by atoms with Gasteiger partial charge in [0.05, 0.1) is 0 Å². The Bertz CT molecular complexity index is 412. The Hall–Kier alpha value is -1.83. The van der Waals surface area contributed by atoms with Crippen molar-refractivity contribution in [2.45, 2.75) is 0 Å². The van der Waals surface area contributed by atoms with E-state index in [4.69, 9.17) is 34.4 Å². The number of hydrogen-bond acceptors (Lipinski definition) is 12. The third-order valence-corrected chi connectivity index (χ3v) is 3.84. The summed E-state index contributed by atoms with van der Waals surface area (Å²) in [6, 6.07) is 0. The van der Waals surface area contributed by atoms with Crippen LogP contribution in [0.3, 0.4) is 0 Å². The number of aromatic nitrogens is 3. The van der Waals surface area contributed by atoms with Crippen LogP contribution in [0.25, 0.3) is 0 Å². The second-order valence-corrected chi connectivity index (χ2v) is 5.93. The summed E-state index contributed by atoms with van der Waals surface area (Å²) in [6.07, 6.45) is 0. The summed E-state index contributed by atoms with van der Waals surface area (Å²) in [6.45, 7) is 6.27. The van der Waals surface area contributed by atoms with Crippen molar-refractivity contribution in [1.29, 1.82) is 0 Å². The van der Waals surface area contributed by atoms with Crippen molar-refractivity contribution in [3.63, 3.8) is 0 Å².